The van der Waals surface area contributed by atoms with Crippen LogP contribution >= 0.6 is 7.60 Å². The number of carboxylic acids is 1. The Labute approximate surface area is 205 Å². The fraction of sp³-hybridized carbons (Fsp3) is 0.963. The van der Waals surface area contributed by atoms with E-state index in [1.165, 1.54) is 77.0 Å². The zero-order valence-electron chi connectivity index (χ0n) is 22.8. The van der Waals surface area contributed by atoms with E-state index in [-0.39, 0.29) is 0 Å². The first-order valence-electron chi connectivity index (χ1n) is 13.6. The Hall–Kier alpha value is -0.380. The Morgan fingerprint density at radius 3 is 1.12 bits per heavy atom. The van der Waals surface area contributed by atoms with Crippen molar-refractivity contribution in [3.63, 3.8) is 0 Å². The fourth-order valence-electron chi connectivity index (χ4n) is 4.00. The van der Waals surface area contributed by atoms with Crippen molar-refractivity contribution < 1.29 is 23.5 Å². The molecule has 0 aromatic heterocycles. The van der Waals surface area contributed by atoms with E-state index in [0.717, 1.165) is 25.7 Å². The first-order chi connectivity index (χ1) is 15.3. The van der Waals surface area contributed by atoms with Crippen molar-refractivity contribution in [2.45, 2.75) is 162 Å². The third-order valence-electron chi connectivity index (χ3n) is 5.40. The minimum atomic E-state index is -3.08. The smallest absolute Gasteiger partial charge is 0.331 e. The number of unbranched alkanes of at least 4 members (excludes halogenated alkanes) is 15. The third kappa shape index (κ3) is 24.5. The lowest BCUT2D eigenvalue weighted by molar-refractivity contribution is -0.137. The van der Waals surface area contributed by atoms with Crippen LogP contribution in [0.4, 0.5) is 0 Å². The molecule has 0 radical (unpaired) electrons. The summed E-state index contributed by atoms with van der Waals surface area (Å²) in [6.45, 7) is 11.6. The molecule has 33 heavy (non-hydrogen) atoms. The Bertz CT molecular complexity index is 514. The molecule has 0 bridgehead atoms. The summed E-state index contributed by atoms with van der Waals surface area (Å²) in [5.74, 6) is -0.671. The van der Waals surface area contributed by atoms with Gasteiger partial charge in [0.2, 0.25) is 0 Å². The highest BCUT2D eigenvalue weighted by atomic mass is 31.2. The van der Waals surface area contributed by atoms with Crippen LogP contribution in [-0.2, 0) is 18.4 Å². The van der Waals surface area contributed by atoms with Crippen LogP contribution < -0.4 is 0 Å². The van der Waals surface area contributed by atoms with Crippen LogP contribution in [0.25, 0.3) is 0 Å². The number of carboxylic acid groups (broad SMARTS) is 1. The van der Waals surface area contributed by atoms with Gasteiger partial charge in [0.1, 0.15) is 0 Å². The highest BCUT2D eigenvalue weighted by Gasteiger charge is 2.34. The van der Waals surface area contributed by atoms with Crippen LogP contribution in [0.1, 0.15) is 151 Å². The second-order valence-corrected chi connectivity index (χ2v) is 13.6. The lowest BCUT2D eigenvalue weighted by Gasteiger charge is -2.32. The monoisotopic (exact) mass is 490 g/mol. The molecule has 5 nitrogen and oxygen atoms in total. The van der Waals surface area contributed by atoms with E-state index in [1.807, 2.05) is 41.5 Å². The van der Waals surface area contributed by atoms with E-state index in [4.69, 9.17) is 14.2 Å². The molecule has 0 aromatic rings. The summed E-state index contributed by atoms with van der Waals surface area (Å²) >= 11 is 0. The van der Waals surface area contributed by atoms with Crippen LogP contribution in [-0.4, -0.2) is 28.4 Å². The molecule has 0 spiro atoms. The van der Waals surface area contributed by atoms with Crippen LogP contribution in [0.2, 0.25) is 0 Å². The predicted molar refractivity (Wildman–Crippen MR) is 140 cm³/mol. The molecule has 0 fully saturated rings. The minimum absolute atomic E-state index is 0.320. The van der Waals surface area contributed by atoms with E-state index in [2.05, 4.69) is 0 Å². The van der Waals surface area contributed by atoms with Gasteiger partial charge in [-0.3, -0.25) is 9.36 Å². The Balaban J connectivity index is 3.59. The molecule has 0 saturated carbocycles. The largest absolute Gasteiger partial charge is 0.481 e. The minimum Gasteiger partial charge on any atom is -0.481 e. The van der Waals surface area contributed by atoms with E-state index < -0.39 is 24.8 Å². The summed E-state index contributed by atoms with van der Waals surface area (Å²) < 4.78 is 24.9. The van der Waals surface area contributed by atoms with Gasteiger partial charge >= 0.3 is 13.6 Å². The molecule has 0 saturated heterocycles. The average Bonchev–Trinajstić information content (AvgIpc) is 2.63. The molecule has 198 valence electrons. The maximum atomic E-state index is 13.2. The van der Waals surface area contributed by atoms with Crippen LogP contribution in [0.5, 0.6) is 0 Å². The molecular formula is C27H55O5P. The summed E-state index contributed by atoms with van der Waals surface area (Å²) in [5, 5.41) is 8.61. The van der Waals surface area contributed by atoms with E-state index in [0.29, 0.717) is 12.6 Å². The fourth-order valence-corrected chi connectivity index (χ4v) is 6.50. The number of hydrogen-bond donors (Lipinski definition) is 1. The van der Waals surface area contributed by atoms with Crippen LogP contribution in [0, 0.1) is 0 Å². The Morgan fingerprint density at radius 1 is 0.576 bits per heavy atom. The van der Waals surface area contributed by atoms with E-state index >= 15 is 0 Å². The van der Waals surface area contributed by atoms with Crippen LogP contribution in [0.3, 0.4) is 0 Å². The van der Waals surface area contributed by atoms with Crippen molar-refractivity contribution in [3.8, 4) is 0 Å². The van der Waals surface area contributed by atoms with Gasteiger partial charge in [0.15, 0.2) is 0 Å². The second-order valence-electron chi connectivity index (χ2n) is 11.5. The zero-order valence-corrected chi connectivity index (χ0v) is 23.6. The van der Waals surface area contributed by atoms with Crippen molar-refractivity contribution in [2.75, 3.05) is 6.16 Å². The van der Waals surface area contributed by atoms with Crippen molar-refractivity contribution >= 4 is 13.6 Å². The zero-order chi connectivity index (χ0) is 25.2. The Kier molecular flexibility index (Phi) is 17.8. The SMILES string of the molecule is CC(C)(C)OP(=O)(CCCCCCCCCCCCCCCCCCC(=O)O)OC(C)(C)C. The molecule has 0 aliphatic rings. The van der Waals surface area contributed by atoms with Crippen molar-refractivity contribution in [1.29, 1.82) is 0 Å². The second kappa shape index (κ2) is 18.0. The van der Waals surface area contributed by atoms with Crippen molar-refractivity contribution in [3.05, 3.63) is 0 Å². The molecule has 0 aromatic carbocycles. The molecule has 0 unspecified atom stereocenters. The highest BCUT2D eigenvalue weighted by molar-refractivity contribution is 7.53. The average molecular weight is 491 g/mol. The number of carbonyl (C=O) groups is 1. The molecule has 0 atom stereocenters. The van der Waals surface area contributed by atoms with E-state index in [1.54, 1.807) is 0 Å². The van der Waals surface area contributed by atoms with Crippen molar-refractivity contribution in [2.24, 2.45) is 0 Å². The normalized spacial score (nSPS) is 12.9. The predicted octanol–water partition coefficient (Wildman–Crippen LogP) is 9.53. The highest BCUT2D eigenvalue weighted by Crippen LogP contribution is 2.55. The van der Waals surface area contributed by atoms with Gasteiger partial charge in [-0.15, -0.1) is 0 Å². The summed E-state index contributed by atoms with van der Waals surface area (Å²) in [4.78, 5) is 10.5. The molecule has 0 amide bonds. The molecule has 0 aliphatic carbocycles. The van der Waals surface area contributed by atoms with Gasteiger partial charge in [0.05, 0.1) is 17.4 Å². The van der Waals surface area contributed by atoms with Crippen molar-refractivity contribution in [1.82, 2.24) is 0 Å². The van der Waals surface area contributed by atoms with Gasteiger partial charge in [-0.05, 0) is 54.4 Å². The quantitative estimate of drug-likeness (QED) is 0.128. The first-order valence-corrected chi connectivity index (χ1v) is 15.3. The molecule has 6 heteroatoms. The molecule has 0 aliphatic heterocycles. The topological polar surface area (TPSA) is 72.8 Å². The summed E-state index contributed by atoms with van der Waals surface area (Å²) in [7, 11) is -3.08. The maximum absolute atomic E-state index is 13.2. The van der Waals surface area contributed by atoms with E-state index in [9.17, 15) is 9.36 Å². The number of aliphatic carboxylic acids is 1. The standard InChI is InChI=1S/C27H55O5P/c1-26(2,3)31-33(30,32-27(4,5)6)24-22-20-18-16-14-12-10-8-7-9-11-13-15-17-19-21-23-25(28)29/h7-24H2,1-6H3,(H,28,29). The van der Waals surface area contributed by atoms with Gasteiger partial charge < -0.3 is 14.2 Å². The van der Waals surface area contributed by atoms with Gasteiger partial charge in [-0.2, -0.15) is 0 Å². The summed E-state index contributed by atoms with van der Waals surface area (Å²) in [5.41, 5.74) is -0.936. The molecule has 1 N–H and O–H groups in total. The number of rotatable bonds is 21. The third-order valence-corrected chi connectivity index (χ3v) is 7.91. The lowest BCUT2D eigenvalue weighted by atomic mass is 10.0. The van der Waals surface area contributed by atoms with Gasteiger partial charge in [0, 0.05) is 6.42 Å². The maximum Gasteiger partial charge on any atom is 0.331 e. The van der Waals surface area contributed by atoms with Gasteiger partial charge in [-0.25, -0.2) is 0 Å². The summed E-state index contributed by atoms with van der Waals surface area (Å²) in [6.07, 6.45) is 20.2. The van der Waals surface area contributed by atoms with Gasteiger partial charge in [0.25, 0.3) is 0 Å². The molecule has 0 rings (SSSR count). The molecule has 0 heterocycles. The first kappa shape index (κ1) is 32.6. The molecular weight excluding hydrogens is 435 g/mol. The lowest BCUT2D eigenvalue weighted by Crippen LogP contribution is -2.24. The summed E-state index contributed by atoms with van der Waals surface area (Å²) in [6, 6.07) is 0. The van der Waals surface area contributed by atoms with Crippen LogP contribution in [0.15, 0.2) is 0 Å². The Morgan fingerprint density at radius 2 is 0.848 bits per heavy atom. The van der Waals surface area contributed by atoms with Gasteiger partial charge in [-0.1, -0.05) is 89.9 Å². The number of hydrogen-bond acceptors (Lipinski definition) is 4.